The van der Waals surface area contributed by atoms with Crippen LogP contribution in [0.1, 0.15) is 21.9 Å². The van der Waals surface area contributed by atoms with Crippen LogP contribution >= 0.6 is 0 Å². The molecule has 2 aromatic heterocycles. The maximum atomic E-state index is 12.2. The lowest BCUT2D eigenvalue weighted by Crippen LogP contribution is -2.33. The van der Waals surface area contributed by atoms with Gasteiger partial charge in [0.2, 0.25) is 10.0 Å². The molecule has 0 aliphatic heterocycles. The molecular weight excluding hydrogens is 374 g/mol. The predicted molar refractivity (Wildman–Crippen MR) is 91.5 cm³/mol. The van der Waals surface area contributed by atoms with Crippen molar-refractivity contribution in [1.82, 2.24) is 9.71 Å². The van der Waals surface area contributed by atoms with Crippen LogP contribution in [0.2, 0.25) is 0 Å². The summed E-state index contributed by atoms with van der Waals surface area (Å²) in [5.41, 5.74) is 0.147. The molecule has 9 nitrogen and oxygen atoms in total. The Bertz CT molecular complexity index is 1020. The molecule has 0 aliphatic rings. The molecule has 1 aromatic carbocycles. The van der Waals surface area contributed by atoms with Gasteiger partial charge in [0.25, 0.3) is 0 Å². The summed E-state index contributed by atoms with van der Waals surface area (Å²) < 4.78 is 37.5. The molecular formula is C17H15N3O6S. The van der Waals surface area contributed by atoms with Crippen LogP contribution in [0.3, 0.4) is 0 Å². The van der Waals surface area contributed by atoms with E-state index >= 15 is 0 Å². The lowest BCUT2D eigenvalue weighted by atomic mass is 10.2. The van der Waals surface area contributed by atoms with E-state index in [4.69, 9.17) is 9.15 Å². The number of benzene rings is 1. The number of carbonyl (C=O) groups is 1. The first-order valence-corrected chi connectivity index (χ1v) is 9.26. The maximum Gasteiger partial charge on any atom is 0.339 e. The number of sulfonamides is 1. The van der Waals surface area contributed by atoms with Gasteiger partial charge in [-0.2, -0.15) is 0 Å². The van der Waals surface area contributed by atoms with Gasteiger partial charge >= 0.3 is 11.8 Å². The third-order valence-corrected chi connectivity index (χ3v) is 4.95. The van der Waals surface area contributed by atoms with Crippen molar-refractivity contribution in [2.45, 2.75) is 18.0 Å². The lowest BCUT2D eigenvalue weighted by molar-refractivity contribution is -0.620. The molecule has 140 valence electrons. The van der Waals surface area contributed by atoms with Gasteiger partial charge in [-0.15, -0.1) is 0 Å². The Morgan fingerprint density at radius 2 is 2.00 bits per heavy atom. The van der Waals surface area contributed by atoms with Crippen molar-refractivity contribution in [2.24, 2.45) is 0 Å². The Balaban J connectivity index is 1.62. The molecule has 0 radical (unpaired) electrons. The normalized spacial score (nSPS) is 11.3. The van der Waals surface area contributed by atoms with Crippen molar-refractivity contribution < 1.29 is 27.1 Å². The monoisotopic (exact) mass is 389 g/mol. The topological polar surface area (TPSA) is 125 Å². The van der Waals surface area contributed by atoms with Crippen molar-refractivity contribution in [3.05, 3.63) is 83.5 Å². The fourth-order valence-electron chi connectivity index (χ4n) is 2.14. The molecule has 27 heavy (non-hydrogen) atoms. The van der Waals surface area contributed by atoms with Crippen molar-refractivity contribution in [1.29, 1.82) is 0 Å². The van der Waals surface area contributed by atoms with E-state index in [1.54, 1.807) is 12.1 Å². The van der Waals surface area contributed by atoms with E-state index in [1.807, 2.05) is 0 Å². The molecule has 0 amide bonds. The minimum Gasteiger partial charge on any atom is -0.711 e. The van der Waals surface area contributed by atoms with E-state index in [9.17, 15) is 18.4 Å². The van der Waals surface area contributed by atoms with Gasteiger partial charge in [0.05, 0.1) is 29.5 Å². The predicted octanol–water partition coefficient (Wildman–Crippen LogP) is 1.14. The molecule has 0 atom stereocenters. The molecule has 3 aromatic rings. The Kier molecular flexibility index (Phi) is 5.48. The summed E-state index contributed by atoms with van der Waals surface area (Å²) in [4.78, 5) is 15.8. The largest absolute Gasteiger partial charge is 0.711 e. The number of hydrogen-bond donors (Lipinski definition) is 1. The highest BCUT2D eigenvalue weighted by Gasteiger charge is 2.17. The number of carbonyl (C=O) groups excluding carboxylic acids is 1. The van der Waals surface area contributed by atoms with Crippen LogP contribution in [0.5, 0.6) is 0 Å². The Morgan fingerprint density at radius 3 is 2.67 bits per heavy atom. The van der Waals surface area contributed by atoms with E-state index in [0.717, 1.165) is 0 Å². The first-order valence-electron chi connectivity index (χ1n) is 7.78. The zero-order valence-corrected chi connectivity index (χ0v) is 14.8. The highest BCUT2D eigenvalue weighted by molar-refractivity contribution is 7.89. The van der Waals surface area contributed by atoms with Crippen LogP contribution in [0.4, 0.5) is 0 Å². The molecule has 10 heteroatoms. The summed E-state index contributed by atoms with van der Waals surface area (Å²) in [6.45, 7) is -0.285. The smallest absolute Gasteiger partial charge is 0.339 e. The highest BCUT2D eigenvalue weighted by Crippen LogP contribution is 2.13. The summed E-state index contributed by atoms with van der Waals surface area (Å²) in [5.74, 6) is -0.191. The molecule has 0 aliphatic carbocycles. The number of nitrogens with one attached hydrogen (secondary N) is 1. The van der Waals surface area contributed by atoms with E-state index in [1.165, 1.54) is 49.0 Å². The SMILES string of the molecule is O=C(OCc1nccc[n+]1[O-])c1ccc(S(=O)(=O)NCc2ccco2)cc1. The molecule has 0 spiro atoms. The number of furan rings is 1. The third kappa shape index (κ3) is 4.68. The average molecular weight is 389 g/mol. The molecule has 0 fully saturated rings. The number of ether oxygens (including phenoxy) is 1. The quantitative estimate of drug-likeness (QED) is 0.365. The second-order valence-electron chi connectivity index (χ2n) is 5.37. The zero-order chi connectivity index (χ0) is 19.3. The molecule has 0 saturated heterocycles. The van der Waals surface area contributed by atoms with Crippen LogP contribution in [-0.4, -0.2) is 19.4 Å². The van der Waals surface area contributed by atoms with E-state index in [-0.39, 0.29) is 29.4 Å². The summed E-state index contributed by atoms with van der Waals surface area (Å²) in [7, 11) is -3.76. The average Bonchev–Trinajstić information content (AvgIpc) is 3.19. The summed E-state index contributed by atoms with van der Waals surface area (Å²) in [5, 5.41) is 11.5. The number of esters is 1. The number of hydrogen-bond acceptors (Lipinski definition) is 7. The highest BCUT2D eigenvalue weighted by atomic mass is 32.2. The maximum absolute atomic E-state index is 12.2. The first-order chi connectivity index (χ1) is 13.0. The van der Waals surface area contributed by atoms with Crippen LogP contribution in [0.15, 0.2) is 70.4 Å². The summed E-state index contributed by atoms with van der Waals surface area (Å²) >= 11 is 0. The van der Waals surface area contributed by atoms with E-state index < -0.39 is 16.0 Å². The second kappa shape index (κ2) is 7.98. The third-order valence-electron chi connectivity index (χ3n) is 3.53. The molecule has 0 unspecified atom stereocenters. The molecule has 2 heterocycles. The molecule has 0 bridgehead atoms. The fourth-order valence-corrected chi connectivity index (χ4v) is 3.13. The van der Waals surface area contributed by atoms with Gasteiger partial charge < -0.3 is 14.4 Å². The van der Waals surface area contributed by atoms with E-state index in [0.29, 0.717) is 10.5 Å². The number of nitrogens with zero attached hydrogens (tertiary/aromatic N) is 2. The van der Waals surface area contributed by atoms with Crippen molar-refractivity contribution in [3.8, 4) is 0 Å². The van der Waals surface area contributed by atoms with Gasteiger partial charge in [0, 0.05) is 6.07 Å². The van der Waals surface area contributed by atoms with Crippen molar-refractivity contribution in [3.63, 3.8) is 0 Å². The van der Waals surface area contributed by atoms with Gasteiger partial charge in [0.1, 0.15) is 12.0 Å². The van der Waals surface area contributed by atoms with Crippen molar-refractivity contribution in [2.75, 3.05) is 0 Å². The minimum absolute atomic E-state index is 0.00673. The van der Waals surface area contributed by atoms with Crippen LogP contribution in [-0.2, 0) is 27.9 Å². The molecule has 0 saturated carbocycles. The number of aromatic nitrogens is 2. The summed E-state index contributed by atoms with van der Waals surface area (Å²) in [6.07, 6.45) is 4.10. The molecule has 3 rings (SSSR count). The number of rotatable bonds is 7. The van der Waals surface area contributed by atoms with Crippen molar-refractivity contribution >= 4 is 16.0 Å². The summed E-state index contributed by atoms with van der Waals surface area (Å²) in [6, 6.07) is 9.99. The van der Waals surface area contributed by atoms with Gasteiger partial charge in [-0.1, -0.05) is 0 Å². The Hall–Kier alpha value is -3.24. The fraction of sp³-hybridized carbons (Fsp3) is 0.118. The van der Waals surface area contributed by atoms with Gasteiger partial charge in [-0.3, -0.25) is 0 Å². The second-order valence-corrected chi connectivity index (χ2v) is 7.13. The lowest BCUT2D eigenvalue weighted by Gasteiger charge is -2.08. The van der Waals surface area contributed by atoms with Gasteiger partial charge in [-0.05, 0) is 41.4 Å². The Labute approximate surface area is 154 Å². The standard InChI is InChI=1S/C17H15N3O6S/c21-17(26-12-16-18-8-2-9-20(16)22)13-4-6-15(7-5-13)27(23,24)19-11-14-3-1-10-25-14/h1-10,19H,11-12H2. The van der Waals surface area contributed by atoms with Gasteiger partial charge in [0.15, 0.2) is 6.61 Å². The van der Waals surface area contributed by atoms with Crippen LogP contribution < -0.4 is 9.45 Å². The minimum atomic E-state index is -3.76. The van der Waals surface area contributed by atoms with Crippen LogP contribution in [0, 0.1) is 5.21 Å². The van der Waals surface area contributed by atoms with Gasteiger partial charge in [-0.25, -0.2) is 22.7 Å². The Morgan fingerprint density at radius 1 is 1.22 bits per heavy atom. The first kappa shape index (κ1) is 18.5. The van der Waals surface area contributed by atoms with E-state index in [2.05, 4.69) is 9.71 Å². The molecule has 1 N–H and O–H groups in total. The van der Waals surface area contributed by atoms with Crippen LogP contribution in [0.25, 0.3) is 0 Å². The zero-order valence-electron chi connectivity index (χ0n) is 13.9.